The summed E-state index contributed by atoms with van der Waals surface area (Å²) in [7, 11) is 0. The van der Waals surface area contributed by atoms with Crippen molar-refractivity contribution in [3.8, 4) is 0 Å². The first kappa shape index (κ1) is 12.5. The van der Waals surface area contributed by atoms with Gasteiger partial charge in [0, 0.05) is 10.6 Å². The first-order chi connectivity index (χ1) is 6.45. The second-order valence-electron chi connectivity index (χ2n) is 2.54. The van der Waals surface area contributed by atoms with Gasteiger partial charge in [-0.1, -0.05) is 11.6 Å². The lowest BCUT2D eigenvalue weighted by Gasteiger charge is -2.14. The molecule has 1 aromatic rings. The van der Waals surface area contributed by atoms with Crippen molar-refractivity contribution in [3.05, 3.63) is 33.0 Å². The van der Waals surface area contributed by atoms with Crippen LogP contribution in [0.2, 0.25) is 5.02 Å². The molecule has 1 atom stereocenters. The average molecular weight is 322 g/mol. The molecule has 0 fully saturated rings. The van der Waals surface area contributed by atoms with E-state index in [4.69, 9.17) is 34.8 Å². The van der Waals surface area contributed by atoms with E-state index in [1.54, 1.807) is 0 Å². The van der Waals surface area contributed by atoms with Gasteiger partial charge in [0.15, 0.2) is 0 Å². The number of halogens is 5. The molecule has 1 rings (SSSR count). The van der Waals surface area contributed by atoms with Crippen LogP contribution >= 0.6 is 50.7 Å². The standard InChI is InChI=1S/C8H5BrCl3FO/c9-3-1-2-4(10)5(6(3)13)7(14)8(11)12/h1-2,7-8,14H. The van der Waals surface area contributed by atoms with E-state index in [9.17, 15) is 9.50 Å². The third-order valence-electron chi connectivity index (χ3n) is 1.61. The van der Waals surface area contributed by atoms with Crippen molar-refractivity contribution in [2.45, 2.75) is 10.9 Å². The third-order valence-corrected chi connectivity index (χ3v) is 3.03. The smallest absolute Gasteiger partial charge is 0.144 e. The van der Waals surface area contributed by atoms with Crippen LogP contribution in [0.25, 0.3) is 0 Å². The van der Waals surface area contributed by atoms with Gasteiger partial charge in [-0.05, 0) is 28.1 Å². The lowest BCUT2D eigenvalue weighted by molar-refractivity contribution is 0.187. The predicted molar refractivity (Wildman–Crippen MR) is 59.6 cm³/mol. The van der Waals surface area contributed by atoms with Crippen LogP contribution in [-0.2, 0) is 0 Å². The molecule has 1 nitrogen and oxygen atoms in total. The van der Waals surface area contributed by atoms with E-state index in [0.717, 1.165) is 0 Å². The zero-order valence-corrected chi connectivity index (χ0v) is 10.5. The fraction of sp³-hybridized carbons (Fsp3) is 0.250. The van der Waals surface area contributed by atoms with E-state index in [1.807, 2.05) is 0 Å². The Balaban J connectivity index is 3.25. The summed E-state index contributed by atoms with van der Waals surface area (Å²) in [5.41, 5.74) is -0.101. The van der Waals surface area contributed by atoms with E-state index in [1.165, 1.54) is 12.1 Å². The Hall–Kier alpha value is 0.460. The molecule has 0 radical (unpaired) electrons. The van der Waals surface area contributed by atoms with Crippen molar-refractivity contribution in [1.82, 2.24) is 0 Å². The zero-order valence-electron chi connectivity index (χ0n) is 6.65. The van der Waals surface area contributed by atoms with E-state index >= 15 is 0 Å². The van der Waals surface area contributed by atoms with Crippen LogP contribution in [0.5, 0.6) is 0 Å². The molecule has 0 heterocycles. The van der Waals surface area contributed by atoms with Gasteiger partial charge in [0.05, 0.1) is 4.47 Å². The maximum absolute atomic E-state index is 13.5. The normalized spacial score (nSPS) is 13.4. The number of benzene rings is 1. The molecule has 0 saturated carbocycles. The molecular formula is C8H5BrCl3FO. The van der Waals surface area contributed by atoms with Crippen LogP contribution in [0, 0.1) is 5.82 Å². The van der Waals surface area contributed by atoms with Gasteiger partial charge in [-0.15, -0.1) is 23.2 Å². The molecule has 1 N–H and O–H groups in total. The number of aliphatic hydroxyl groups is 1. The molecule has 1 unspecified atom stereocenters. The predicted octanol–water partition coefficient (Wildman–Crippen LogP) is 4.08. The van der Waals surface area contributed by atoms with Crippen molar-refractivity contribution in [2.24, 2.45) is 0 Å². The molecule has 0 aliphatic rings. The molecule has 0 amide bonds. The summed E-state index contributed by atoms with van der Waals surface area (Å²) in [5.74, 6) is -0.656. The van der Waals surface area contributed by atoms with Gasteiger partial charge in [-0.3, -0.25) is 0 Å². The van der Waals surface area contributed by atoms with E-state index in [0.29, 0.717) is 0 Å². The minimum atomic E-state index is -1.34. The Labute approximate surface area is 104 Å². The fourth-order valence-corrected chi connectivity index (χ4v) is 1.80. The van der Waals surface area contributed by atoms with Crippen molar-refractivity contribution >= 4 is 50.7 Å². The number of rotatable bonds is 2. The average Bonchev–Trinajstić information content (AvgIpc) is 2.12. The molecule has 0 bridgehead atoms. The topological polar surface area (TPSA) is 20.2 Å². The Morgan fingerprint density at radius 1 is 1.36 bits per heavy atom. The van der Waals surface area contributed by atoms with Crippen LogP contribution in [-0.4, -0.2) is 9.94 Å². The summed E-state index contributed by atoms with van der Waals surface area (Å²) in [4.78, 5) is -1.13. The van der Waals surface area contributed by atoms with Gasteiger partial charge in [-0.2, -0.15) is 0 Å². The highest BCUT2D eigenvalue weighted by Gasteiger charge is 2.23. The summed E-state index contributed by atoms with van der Waals surface area (Å²) in [6.45, 7) is 0. The van der Waals surface area contributed by atoms with Gasteiger partial charge in [0.2, 0.25) is 0 Å². The first-order valence-electron chi connectivity index (χ1n) is 3.54. The largest absolute Gasteiger partial charge is 0.385 e. The Bertz CT molecular complexity index is 346. The van der Waals surface area contributed by atoms with Crippen LogP contribution in [0.3, 0.4) is 0 Å². The second-order valence-corrected chi connectivity index (χ2v) is 4.96. The molecule has 0 aliphatic carbocycles. The van der Waals surface area contributed by atoms with Gasteiger partial charge in [-0.25, -0.2) is 4.39 Å². The van der Waals surface area contributed by atoms with Crippen LogP contribution in [0.1, 0.15) is 11.7 Å². The highest BCUT2D eigenvalue weighted by molar-refractivity contribution is 9.10. The summed E-state index contributed by atoms with van der Waals surface area (Å²) in [6.07, 6.45) is -1.34. The summed E-state index contributed by atoms with van der Waals surface area (Å²) >= 11 is 19.5. The number of aliphatic hydroxyl groups excluding tert-OH is 1. The van der Waals surface area contributed by atoms with Crippen LogP contribution in [0.15, 0.2) is 16.6 Å². The van der Waals surface area contributed by atoms with Gasteiger partial charge >= 0.3 is 0 Å². The molecular weight excluding hydrogens is 317 g/mol. The Morgan fingerprint density at radius 2 is 1.93 bits per heavy atom. The highest BCUT2D eigenvalue weighted by atomic mass is 79.9. The number of alkyl halides is 2. The Kier molecular flexibility index (Phi) is 4.47. The molecule has 0 saturated heterocycles. The van der Waals surface area contributed by atoms with Crippen molar-refractivity contribution in [3.63, 3.8) is 0 Å². The lowest BCUT2D eigenvalue weighted by atomic mass is 10.1. The number of hydrogen-bond donors (Lipinski definition) is 1. The molecule has 0 aromatic heterocycles. The number of hydrogen-bond acceptors (Lipinski definition) is 1. The van der Waals surface area contributed by atoms with E-state index < -0.39 is 16.8 Å². The van der Waals surface area contributed by atoms with Crippen LogP contribution < -0.4 is 0 Å². The van der Waals surface area contributed by atoms with E-state index in [2.05, 4.69) is 15.9 Å². The fourth-order valence-electron chi connectivity index (χ4n) is 0.940. The maximum Gasteiger partial charge on any atom is 0.144 e. The zero-order chi connectivity index (χ0) is 10.9. The highest BCUT2D eigenvalue weighted by Crippen LogP contribution is 2.34. The maximum atomic E-state index is 13.5. The minimum absolute atomic E-state index is 0.0875. The van der Waals surface area contributed by atoms with Crippen molar-refractivity contribution in [1.29, 1.82) is 0 Å². The lowest BCUT2D eigenvalue weighted by Crippen LogP contribution is -2.09. The SMILES string of the molecule is OC(c1c(Cl)ccc(Br)c1F)C(Cl)Cl. The monoisotopic (exact) mass is 320 g/mol. The quantitative estimate of drug-likeness (QED) is 0.642. The van der Waals surface area contributed by atoms with E-state index in [-0.39, 0.29) is 15.1 Å². The third kappa shape index (κ3) is 2.52. The second kappa shape index (κ2) is 4.99. The Morgan fingerprint density at radius 3 is 2.43 bits per heavy atom. The van der Waals surface area contributed by atoms with Gasteiger partial charge < -0.3 is 5.11 Å². The van der Waals surface area contributed by atoms with Gasteiger partial charge in [0.1, 0.15) is 16.8 Å². The van der Waals surface area contributed by atoms with Crippen molar-refractivity contribution < 1.29 is 9.50 Å². The molecule has 14 heavy (non-hydrogen) atoms. The molecule has 1 aromatic carbocycles. The summed E-state index contributed by atoms with van der Waals surface area (Å²) in [6, 6.07) is 2.88. The van der Waals surface area contributed by atoms with Gasteiger partial charge in [0.25, 0.3) is 0 Å². The van der Waals surface area contributed by atoms with Crippen LogP contribution in [0.4, 0.5) is 4.39 Å². The summed E-state index contributed by atoms with van der Waals surface area (Å²) < 4.78 is 13.7. The molecule has 0 aliphatic heterocycles. The molecule has 0 spiro atoms. The molecule has 78 valence electrons. The molecule has 6 heteroatoms. The first-order valence-corrected chi connectivity index (χ1v) is 5.59. The summed E-state index contributed by atoms with van der Waals surface area (Å²) in [5, 5.41) is 9.56. The minimum Gasteiger partial charge on any atom is -0.385 e. The van der Waals surface area contributed by atoms with Crippen molar-refractivity contribution in [2.75, 3.05) is 0 Å².